The van der Waals surface area contributed by atoms with Crippen molar-refractivity contribution in [2.45, 2.75) is 0 Å². The molecular formula is C11H9N5O5. The van der Waals surface area contributed by atoms with E-state index in [1.54, 1.807) is 0 Å². The van der Waals surface area contributed by atoms with Crippen LogP contribution in [-0.4, -0.2) is 31.1 Å². The first-order valence-corrected chi connectivity index (χ1v) is 5.48. The third-order valence-electron chi connectivity index (χ3n) is 2.53. The number of phenols is 1. The molecule has 1 heterocycles. The van der Waals surface area contributed by atoms with E-state index in [9.17, 15) is 20.0 Å². The molecule has 1 aromatic carbocycles. The SMILES string of the molecule is Nc1ncnc(Nc2cc(C(=O)O)ccc2O)c1[N+](=O)[O-]. The van der Waals surface area contributed by atoms with Gasteiger partial charge in [-0.25, -0.2) is 14.8 Å². The van der Waals surface area contributed by atoms with E-state index in [2.05, 4.69) is 15.3 Å². The van der Waals surface area contributed by atoms with Gasteiger partial charge in [0.15, 0.2) is 0 Å². The van der Waals surface area contributed by atoms with E-state index in [0.29, 0.717) is 0 Å². The lowest BCUT2D eigenvalue weighted by Crippen LogP contribution is -2.05. The second kappa shape index (κ2) is 5.28. The Labute approximate surface area is 117 Å². The lowest BCUT2D eigenvalue weighted by molar-refractivity contribution is -0.383. The molecule has 0 radical (unpaired) electrons. The van der Waals surface area contributed by atoms with Crippen LogP contribution in [0.5, 0.6) is 5.75 Å². The number of nitrogens with two attached hydrogens (primary N) is 1. The number of benzene rings is 1. The summed E-state index contributed by atoms with van der Waals surface area (Å²) in [6, 6.07) is 3.44. The van der Waals surface area contributed by atoms with Crippen molar-refractivity contribution in [3.63, 3.8) is 0 Å². The Kier molecular flexibility index (Phi) is 3.52. The topological polar surface area (TPSA) is 165 Å². The van der Waals surface area contributed by atoms with Gasteiger partial charge in [0.05, 0.1) is 16.2 Å². The average Bonchev–Trinajstić information content (AvgIpc) is 2.40. The van der Waals surface area contributed by atoms with Gasteiger partial charge in [-0.15, -0.1) is 0 Å². The van der Waals surface area contributed by atoms with E-state index in [1.807, 2.05) is 0 Å². The second-order valence-corrected chi connectivity index (χ2v) is 3.88. The maximum absolute atomic E-state index is 10.9. The van der Waals surface area contributed by atoms with Crippen LogP contribution in [-0.2, 0) is 0 Å². The fourth-order valence-corrected chi connectivity index (χ4v) is 1.56. The van der Waals surface area contributed by atoms with Crippen LogP contribution in [0, 0.1) is 10.1 Å². The number of hydrogen-bond donors (Lipinski definition) is 4. The zero-order chi connectivity index (χ0) is 15.6. The Morgan fingerprint density at radius 1 is 1.38 bits per heavy atom. The normalized spacial score (nSPS) is 10.1. The Balaban J connectivity index is 2.48. The molecule has 1 aromatic heterocycles. The standard InChI is InChI=1S/C11H9N5O5/c12-9-8(16(20)21)10(14-4-13-9)15-6-3-5(11(18)19)1-2-7(6)17/h1-4,17H,(H,18,19)(H3,12,13,14,15). The summed E-state index contributed by atoms with van der Waals surface area (Å²) in [4.78, 5) is 28.2. The lowest BCUT2D eigenvalue weighted by atomic mass is 10.2. The van der Waals surface area contributed by atoms with Crippen molar-refractivity contribution in [1.29, 1.82) is 0 Å². The van der Waals surface area contributed by atoms with E-state index in [1.165, 1.54) is 6.07 Å². The number of hydrogen-bond acceptors (Lipinski definition) is 8. The zero-order valence-corrected chi connectivity index (χ0v) is 10.3. The molecule has 108 valence electrons. The number of nitro groups is 1. The van der Waals surface area contributed by atoms with E-state index >= 15 is 0 Å². The molecule has 0 aliphatic rings. The molecule has 2 rings (SSSR count). The summed E-state index contributed by atoms with van der Waals surface area (Å²) >= 11 is 0. The van der Waals surface area contributed by atoms with E-state index in [-0.39, 0.29) is 28.6 Å². The number of nitrogens with zero attached hydrogens (tertiary/aromatic N) is 3. The van der Waals surface area contributed by atoms with Crippen molar-refractivity contribution in [3.8, 4) is 5.75 Å². The molecule has 0 aliphatic carbocycles. The number of nitrogens with one attached hydrogen (secondary N) is 1. The van der Waals surface area contributed by atoms with Crippen LogP contribution in [0.4, 0.5) is 23.0 Å². The first kappa shape index (κ1) is 14.0. The molecule has 0 fully saturated rings. The van der Waals surface area contributed by atoms with E-state index in [4.69, 9.17) is 10.8 Å². The van der Waals surface area contributed by atoms with Gasteiger partial charge in [0.2, 0.25) is 11.6 Å². The number of carboxylic acids is 1. The molecule has 2 aromatic rings. The minimum Gasteiger partial charge on any atom is -0.506 e. The van der Waals surface area contributed by atoms with Gasteiger partial charge in [-0.2, -0.15) is 0 Å². The summed E-state index contributed by atoms with van der Waals surface area (Å²) in [5.74, 6) is -2.13. The highest BCUT2D eigenvalue weighted by Gasteiger charge is 2.22. The van der Waals surface area contributed by atoms with Crippen LogP contribution >= 0.6 is 0 Å². The molecule has 5 N–H and O–H groups in total. The zero-order valence-electron chi connectivity index (χ0n) is 10.3. The molecule has 0 aliphatic heterocycles. The van der Waals surface area contributed by atoms with Gasteiger partial charge in [0, 0.05) is 0 Å². The molecule has 0 saturated carbocycles. The molecule has 0 saturated heterocycles. The number of aromatic carboxylic acids is 1. The number of aromatic hydroxyl groups is 1. The van der Waals surface area contributed by atoms with Crippen molar-refractivity contribution in [2.75, 3.05) is 11.1 Å². The van der Waals surface area contributed by atoms with E-state index in [0.717, 1.165) is 18.5 Å². The molecule has 10 nitrogen and oxygen atoms in total. The van der Waals surface area contributed by atoms with Crippen LogP contribution < -0.4 is 11.1 Å². The summed E-state index contributed by atoms with van der Waals surface area (Å²) in [6.07, 6.45) is 1.00. The fraction of sp³-hybridized carbons (Fsp3) is 0. The number of rotatable bonds is 4. The predicted octanol–water partition coefficient (Wildman–Crippen LogP) is 1.11. The van der Waals surface area contributed by atoms with Crippen molar-refractivity contribution in [2.24, 2.45) is 0 Å². The molecular weight excluding hydrogens is 282 g/mol. The van der Waals surface area contributed by atoms with Crippen molar-refractivity contribution < 1.29 is 19.9 Å². The first-order valence-electron chi connectivity index (χ1n) is 5.48. The van der Waals surface area contributed by atoms with Crippen LogP contribution in [0.1, 0.15) is 10.4 Å². The van der Waals surface area contributed by atoms with Crippen LogP contribution in [0.25, 0.3) is 0 Å². The fourth-order valence-electron chi connectivity index (χ4n) is 1.56. The van der Waals surface area contributed by atoms with Gasteiger partial charge >= 0.3 is 11.7 Å². The number of anilines is 3. The Bertz CT molecular complexity index is 733. The molecule has 0 spiro atoms. The second-order valence-electron chi connectivity index (χ2n) is 3.88. The van der Waals surface area contributed by atoms with Crippen molar-refractivity contribution >= 4 is 29.0 Å². The van der Waals surface area contributed by atoms with Gasteiger partial charge in [0.1, 0.15) is 12.1 Å². The van der Waals surface area contributed by atoms with Crippen LogP contribution in [0.2, 0.25) is 0 Å². The largest absolute Gasteiger partial charge is 0.506 e. The van der Waals surface area contributed by atoms with Gasteiger partial charge < -0.3 is 21.3 Å². The molecule has 10 heteroatoms. The summed E-state index contributed by atoms with van der Waals surface area (Å²) in [6.45, 7) is 0. The van der Waals surface area contributed by atoms with Crippen LogP contribution in [0.15, 0.2) is 24.5 Å². The summed E-state index contributed by atoms with van der Waals surface area (Å²) in [5, 5.41) is 32.0. The van der Waals surface area contributed by atoms with Gasteiger partial charge in [0.25, 0.3) is 0 Å². The number of nitrogen functional groups attached to an aromatic ring is 1. The smallest absolute Gasteiger partial charge is 0.353 e. The van der Waals surface area contributed by atoms with E-state index < -0.39 is 16.6 Å². The highest BCUT2D eigenvalue weighted by Crippen LogP contribution is 2.33. The van der Waals surface area contributed by atoms with Crippen LogP contribution in [0.3, 0.4) is 0 Å². The third kappa shape index (κ3) is 2.78. The summed E-state index contributed by atoms with van der Waals surface area (Å²) in [5.41, 5.74) is 4.66. The highest BCUT2D eigenvalue weighted by molar-refractivity contribution is 5.90. The van der Waals surface area contributed by atoms with Gasteiger partial charge in [-0.1, -0.05) is 0 Å². The highest BCUT2D eigenvalue weighted by atomic mass is 16.6. The van der Waals surface area contributed by atoms with Crippen molar-refractivity contribution in [3.05, 3.63) is 40.2 Å². The monoisotopic (exact) mass is 291 g/mol. The number of phenolic OH excluding ortho intramolecular Hbond substituents is 1. The first-order chi connectivity index (χ1) is 9.90. The maximum atomic E-state index is 10.9. The quantitative estimate of drug-likeness (QED) is 0.366. The number of aromatic nitrogens is 2. The number of carboxylic acid groups (broad SMARTS) is 1. The summed E-state index contributed by atoms with van der Waals surface area (Å²) < 4.78 is 0. The predicted molar refractivity (Wildman–Crippen MR) is 71.4 cm³/mol. The third-order valence-corrected chi connectivity index (χ3v) is 2.53. The molecule has 0 atom stereocenters. The number of carbonyl (C=O) groups is 1. The molecule has 0 bridgehead atoms. The lowest BCUT2D eigenvalue weighted by Gasteiger charge is -2.09. The average molecular weight is 291 g/mol. The Hall–Kier alpha value is -3.43. The Morgan fingerprint density at radius 3 is 2.71 bits per heavy atom. The molecule has 0 amide bonds. The minimum atomic E-state index is -1.21. The maximum Gasteiger partial charge on any atom is 0.353 e. The van der Waals surface area contributed by atoms with Gasteiger partial charge in [-0.05, 0) is 18.2 Å². The molecule has 21 heavy (non-hydrogen) atoms. The Morgan fingerprint density at radius 2 is 2.10 bits per heavy atom. The van der Waals surface area contributed by atoms with Gasteiger partial charge in [-0.3, -0.25) is 10.1 Å². The summed E-state index contributed by atoms with van der Waals surface area (Å²) in [7, 11) is 0. The minimum absolute atomic E-state index is 0.0592. The van der Waals surface area contributed by atoms with Crippen molar-refractivity contribution in [1.82, 2.24) is 9.97 Å². The molecule has 0 unspecified atom stereocenters.